The van der Waals surface area contributed by atoms with E-state index in [2.05, 4.69) is 10.3 Å². The number of esters is 1. The molecule has 0 saturated carbocycles. The van der Waals surface area contributed by atoms with E-state index < -0.39 is 0 Å². The maximum Gasteiger partial charge on any atom is 0.319 e. The van der Waals surface area contributed by atoms with Crippen LogP contribution >= 0.6 is 11.3 Å². The number of ether oxygens (including phenoxy) is 1. The summed E-state index contributed by atoms with van der Waals surface area (Å²) < 4.78 is 6.88. The van der Waals surface area contributed by atoms with Gasteiger partial charge in [-0.05, 0) is 13.8 Å². The lowest BCUT2D eigenvalue weighted by molar-refractivity contribution is -0.142. The van der Waals surface area contributed by atoms with Crippen LogP contribution in [0.2, 0.25) is 0 Å². The van der Waals surface area contributed by atoms with Crippen molar-refractivity contribution in [2.45, 2.75) is 20.4 Å². The van der Waals surface area contributed by atoms with Crippen molar-refractivity contribution in [2.75, 3.05) is 13.2 Å². The summed E-state index contributed by atoms with van der Waals surface area (Å²) in [6, 6.07) is 0. The molecule has 2 aromatic heterocycles. The number of fused-ring (bicyclic) bond motifs is 1. The van der Waals surface area contributed by atoms with Gasteiger partial charge in [0, 0.05) is 18.1 Å². The molecule has 2 aromatic rings. The van der Waals surface area contributed by atoms with Gasteiger partial charge in [0.1, 0.15) is 0 Å². The molecule has 0 atom stereocenters. The molecule has 0 radical (unpaired) electrons. The van der Waals surface area contributed by atoms with Gasteiger partial charge in [-0.15, -0.1) is 11.3 Å². The summed E-state index contributed by atoms with van der Waals surface area (Å²) in [5.74, 6) is -0.226. The van der Waals surface area contributed by atoms with Crippen molar-refractivity contribution in [3.8, 4) is 0 Å². The van der Waals surface area contributed by atoms with Crippen molar-refractivity contribution < 1.29 is 9.53 Å². The molecule has 92 valence electrons. The van der Waals surface area contributed by atoms with Crippen molar-refractivity contribution in [1.82, 2.24) is 14.7 Å². The number of carbonyl (C=O) groups excluding carboxylic acids is 1. The monoisotopic (exact) mass is 253 g/mol. The molecule has 0 amide bonds. The highest BCUT2D eigenvalue weighted by Crippen LogP contribution is 2.16. The number of aromatic nitrogens is 2. The van der Waals surface area contributed by atoms with Crippen LogP contribution < -0.4 is 5.32 Å². The molecule has 6 heteroatoms. The predicted molar refractivity (Wildman–Crippen MR) is 66.1 cm³/mol. The summed E-state index contributed by atoms with van der Waals surface area (Å²) in [4.78, 5) is 16.6. The Morgan fingerprint density at radius 1 is 1.65 bits per heavy atom. The van der Waals surface area contributed by atoms with Gasteiger partial charge in [-0.1, -0.05) is 0 Å². The van der Waals surface area contributed by atoms with Crippen LogP contribution in [0.15, 0.2) is 11.6 Å². The summed E-state index contributed by atoms with van der Waals surface area (Å²) in [6.07, 6.45) is 1.99. The molecular weight excluding hydrogens is 238 g/mol. The molecule has 0 aromatic carbocycles. The first-order chi connectivity index (χ1) is 8.22. The van der Waals surface area contributed by atoms with Crippen LogP contribution in [-0.2, 0) is 16.1 Å². The fourth-order valence-corrected chi connectivity index (χ4v) is 2.43. The Labute approximate surface area is 103 Å². The molecule has 1 N–H and O–H groups in total. The van der Waals surface area contributed by atoms with E-state index in [0.717, 1.165) is 16.3 Å². The van der Waals surface area contributed by atoms with Gasteiger partial charge in [0.25, 0.3) is 0 Å². The molecule has 0 aliphatic rings. The predicted octanol–water partition coefficient (Wildman–Crippen LogP) is 1.36. The third-order valence-corrected chi connectivity index (χ3v) is 3.18. The number of rotatable bonds is 5. The lowest BCUT2D eigenvalue weighted by Gasteiger charge is -2.04. The van der Waals surface area contributed by atoms with Crippen LogP contribution in [0.5, 0.6) is 0 Å². The van der Waals surface area contributed by atoms with Crippen LogP contribution in [0, 0.1) is 6.92 Å². The number of aryl methyl sites for hydroxylation is 1. The average molecular weight is 253 g/mol. The zero-order valence-corrected chi connectivity index (χ0v) is 10.7. The smallest absolute Gasteiger partial charge is 0.319 e. The minimum absolute atomic E-state index is 0.226. The maximum absolute atomic E-state index is 11.2. The van der Waals surface area contributed by atoms with E-state index >= 15 is 0 Å². The van der Waals surface area contributed by atoms with Crippen LogP contribution in [0.3, 0.4) is 0 Å². The summed E-state index contributed by atoms with van der Waals surface area (Å²) in [6.45, 7) is 5.03. The highest BCUT2D eigenvalue weighted by molar-refractivity contribution is 7.15. The Morgan fingerprint density at radius 3 is 3.24 bits per heavy atom. The molecule has 0 aliphatic heterocycles. The summed E-state index contributed by atoms with van der Waals surface area (Å²) in [7, 11) is 0. The van der Waals surface area contributed by atoms with Gasteiger partial charge in [-0.2, -0.15) is 0 Å². The Bertz CT molecular complexity index is 518. The molecule has 0 saturated heterocycles. The number of carbonyl (C=O) groups is 1. The third-order valence-electron chi connectivity index (χ3n) is 2.43. The first-order valence-corrected chi connectivity index (χ1v) is 6.37. The van der Waals surface area contributed by atoms with Gasteiger partial charge < -0.3 is 10.1 Å². The molecule has 0 aliphatic carbocycles. The molecular formula is C11H15N3O2S. The lowest BCUT2D eigenvalue weighted by atomic mass is 10.3. The highest BCUT2D eigenvalue weighted by Gasteiger charge is 2.09. The summed E-state index contributed by atoms with van der Waals surface area (Å²) in [5, 5.41) is 5.06. The highest BCUT2D eigenvalue weighted by atomic mass is 32.1. The number of imidazole rings is 1. The largest absolute Gasteiger partial charge is 0.465 e. The van der Waals surface area contributed by atoms with Gasteiger partial charge in [0.05, 0.1) is 24.5 Å². The number of thiazole rings is 1. The number of nitrogens with zero attached hydrogens (tertiary/aromatic N) is 2. The summed E-state index contributed by atoms with van der Waals surface area (Å²) >= 11 is 1.60. The molecule has 2 heterocycles. The number of nitrogens with one attached hydrogen (secondary N) is 1. The standard InChI is InChI=1S/C11H15N3O2S/c1-3-16-10(15)7-12-6-9-8(2)13-11-14(9)4-5-17-11/h4-5,12H,3,6-7H2,1-2H3. The van der Waals surface area contributed by atoms with Crippen LogP contribution in [0.4, 0.5) is 0 Å². The SMILES string of the molecule is CCOC(=O)CNCc1c(C)nc2sccn12. The Hall–Kier alpha value is -1.40. The second-order valence-electron chi connectivity index (χ2n) is 3.61. The molecule has 17 heavy (non-hydrogen) atoms. The van der Waals surface area contributed by atoms with E-state index in [4.69, 9.17) is 4.74 Å². The Balaban J connectivity index is 1.96. The first kappa shape index (κ1) is 12.1. The van der Waals surface area contributed by atoms with E-state index in [-0.39, 0.29) is 12.5 Å². The topological polar surface area (TPSA) is 55.6 Å². The zero-order valence-electron chi connectivity index (χ0n) is 9.90. The molecule has 0 bridgehead atoms. The molecule has 0 fully saturated rings. The van der Waals surface area contributed by atoms with Crippen molar-refractivity contribution in [2.24, 2.45) is 0 Å². The van der Waals surface area contributed by atoms with E-state index in [9.17, 15) is 4.79 Å². The van der Waals surface area contributed by atoms with Gasteiger partial charge in [-0.25, -0.2) is 4.98 Å². The summed E-state index contributed by atoms with van der Waals surface area (Å²) in [5.41, 5.74) is 2.08. The molecule has 5 nitrogen and oxygen atoms in total. The molecule has 2 rings (SSSR count). The lowest BCUT2D eigenvalue weighted by Crippen LogP contribution is -2.25. The third kappa shape index (κ3) is 2.65. The van der Waals surface area contributed by atoms with Gasteiger partial charge in [0.2, 0.25) is 0 Å². The van der Waals surface area contributed by atoms with Gasteiger partial charge in [0.15, 0.2) is 4.96 Å². The average Bonchev–Trinajstić information content (AvgIpc) is 2.82. The first-order valence-electron chi connectivity index (χ1n) is 5.49. The Morgan fingerprint density at radius 2 is 2.47 bits per heavy atom. The van der Waals surface area contributed by atoms with E-state index in [1.165, 1.54) is 0 Å². The second kappa shape index (κ2) is 5.29. The van der Waals surface area contributed by atoms with E-state index in [0.29, 0.717) is 13.2 Å². The van der Waals surface area contributed by atoms with E-state index in [1.54, 1.807) is 18.3 Å². The Kier molecular flexibility index (Phi) is 3.75. The number of hydrogen-bond acceptors (Lipinski definition) is 5. The van der Waals surface area contributed by atoms with Crippen LogP contribution in [-0.4, -0.2) is 28.5 Å². The fourth-order valence-electron chi connectivity index (χ4n) is 1.65. The second-order valence-corrected chi connectivity index (χ2v) is 4.48. The zero-order chi connectivity index (χ0) is 12.3. The minimum Gasteiger partial charge on any atom is -0.465 e. The normalized spacial score (nSPS) is 10.9. The minimum atomic E-state index is -0.226. The van der Waals surface area contributed by atoms with Crippen molar-refractivity contribution in [3.05, 3.63) is 23.0 Å². The molecule has 0 unspecified atom stereocenters. The van der Waals surface area contributed by atoms with Crippen LogP contribution in [0.25, 0.3) is 4.96 Å². The molecule has 0 spiro atoms. The fraction of sp³-hybridized carbons (Fsp3) is 0.455. The van der Waals surface area contributed by atoms with E-state index in [1.807, 2.05) is 22.9 Å². The van der Waals surface area contributed by atoms with Crippen molar-refractivity contribution in [1.29, 1.82) is 0 Å². The van der Waals surface area contributed by atoms with Crippen LogP contribution in [0.1, 0.15) is 18.3 Å². The quantitative estimate of drug-likeness (QED) is 0.817. The van der Waals surface area contributed by atoms with Crippen molar-refractivity contribution in [3.63, 3.8) is 0 Å². The number of hydrogen-bond donors (Lipinski definition) is 1. The van der Waals surface area contributed by atoms with Crippen molar-refractivity contribution >= 4 is 22.3 Å². The van der Waals surface area contributed by atoms with Gasteiger partial charge >= 0.3 is 5.97 Å². The van der Waals surface area contributed by atoms with Gasteiger partial charge in [-0.3, -0.25) is 9.20 Å². The maximum atomic E-state index is 11.2.